The maximum Gasteiger partial charge on any atom is 0.141 e. The zero-order chi connectivity index (χ0) is 14.9. The molecule has 3 N–H and O–H groups in total. The first-order valence-corrected chi connectivity index (χ1v) is 7.49. The second-order valence-electron chi connectivity index (χ2n) is 5.69. The number of nitrogens with one attached hydrogen (secondary N) is 1. The summed E-state index contributed by atoms with van der Waals surface area (Å²) in [6, 6.07) is 15.4. The van der Waals surface area contributed by atoms with Crippen molar-refractivity contribution in [2.45, 2.75) is 30.7 Å². The molecule has 0 radical (unpaired) electrons. The summed E-state index contributed by atoms with van der Waals surface area (Å²) in [6.07, 6.45) is 2.95. The molecule has 2 aromatic carbocycles. The molecule has 0 saturated heterocycles. The minimum absolute atomic E-state index is 0.0802. The molecule has 2 nitrogen and oxygen atoms in total. The highest BCUT2D eigenvalue weighted by atomic mass is 35.5. The predicted octanol–water partition coefficient (Wildman–Crippen LogP) is 3.59. The fraction of sp³-hybridized carbons (Fsp3) is 0.294. The van der Waals surface area contributed by atoms with E-state index < -0.39 is 0 Å². The number of hydrogen-bond acceptors (Lipinski definition) is 2. The molecule has 0 spiro atoms. The highest BCUT2D eigenvalue weighted by Gasteiger charge is 2.50. The molecule has 0 aliphatic heterocycles. The largest absolute Gasteiger partial charge is 0.271 e. The van der Waals surface area contributed by atoms with Crippen molar-refractivity contribution < 1.29 is 4.39 Å². The van der Waals surface area contributed by atoms with Crippen LogP contribution in [0.5, 0.6) is 0 Å². The Labute approximate surface area is 129 Å². The quantitative estimate of drug-likeness (QED) is 0.654. The predicted molar refractivity (Wildman–Crippen MR) is 83.6 cm³/mol. The molecule has 1 aliphatic carbocycles. The van der Waals surface area contributed by atoms with Gasteiger partial charge in [-0.2, -0.15) is 0 Å². The van der Waals surface area contributed by atoms with Crippen LogP contribution in [0.15, 0.2) is 48.5 Å². The molecule has 2 aromatic rings. The minimum atomic E-state index is -0.387. The summed E-state index contributed by atoms with van der Waals surface area (Å²) in [5.41, 5.74) is 5.33. The van der Waals surface area contributed by atoms with Crippen LogP contribution in [0.3, 0.4) is 0 Å². The fourth-order valence-electron chi connectivity index (χ4n) is 3.06. The summed E-state index contributed by atoms with van der Waals surface area (Å²) in [7, 11) is 0. The van der Waals surface area contributed by atoms with E-state index in [9.17, 15) is 4.39 Å². The molecule has 1 unspecified atom stereocenters. The van der Waals surface area contributed by atoms with Crippen LogP contribution in [0.2, 0.25) is 5.02 Å². The van der Waals surface area contributed by atoms with Gasteiger partial charge in [-0.15, -0.1) is 0 Å². The van der Waals surface area contributed by atoms with Gasteiger partial charge in [0.1, 0.15) is 5.82 Å². The zero-order valence-electron chi connectivity index (χ0n) is 11.7. The van der Waals surface area contributed by atoms with Gasteiger partial charge >= 0.3 is 0 Å². The van der Waals surface area contributed by atoms with Crippen LogP contribution in [0.25, 0.3) is 0 Å². The Balaban J connectivity index is 1.84. The molecule has 0 bridgehead atoms. The Morgan fingerprint density at radius 2 is 1.90 bits per heavy atom. The molecule has 21 heavy (non-hydrogen) atoms. The molecule has 110 valence electrons. The van der Waals surface area contributed by atoms with Gasteiger partial charge in [-0.1, -0.05) is 48.0 Å². The van der Waals surface area contributed by atoms with Gasteiger partial charge in [0.25, 0.3) is 0 Å². The second-order valence-corrected chi connectivity index (χ2v) is 6.10. The van der Waals surface area contributed by atoms with Crippen LogP contribution in [-0.4, -0.2) is 6.04 Å². The first kappa shape index (κ1) is 14.5. The van der Waals surface area contributed by atoms with E-state index in [0.717, 1.165) is 24.8 Å². The molecule has 0 amide bonds. The highest BCUT2D eigenvalue weighted by Crippen LogP contribution is 2.51. The van der Waals surface area contributed by atoms with E-state index in [1.165, 1.54) is 11.6 Å². The average molecular weight is 305 g/mol. The summed E-state index contributed by atoms with van der Waals surface area (Å²) in [6.45, 7) is 0. The standard InChI is InChI=1S/C17H18ClFN2/c18-14-10-12(6-7-15(14)19)11-16(21-20)17(8-9-17)13-4-2-1-3-5-13/h1-7,10,16,21H,8-9,11,20H2. The number of benzene rings is 2. The SMILES string of the molecule is NNC(Cc1ccc(F)c(Cl)c1)C1(c2ccccc2)CC1. The molecule has 1 fully saturated rings. The molecule has 4 heteroatoms. The Hall–Kier alpha value is -1.42. The van der Waals surface area contributed by atoms with Crippen molar-refractivity contribution in [3.8, 4) is 0 Å². The Morgan fingerprint density at radius 3 is 2.48 bits per heavy atom. The molecule has 0 heterocycles. The van der Waals surface area contributed by atoms with Gasteiger partial charge in [0.05, 0.1) is 5.02 Å². The molecule has 3 rings (SSSR count). The Bertz CT molecular complexity index is 626. The van der Waals surface area contributed by atoms with Crippen molar-refractivity contribution in [2.75, 3.05) is 0 Å². The van der Waals surface area contributed by atoms with E-state index in [1.54, 1.807) is 12.1 Å². The van der Waals surface area contributed by atoms with Crippen molar-refractivity contribution in [2.24, 2.45) is 5.84 Å². The molecule has 1 atom stereocenters. The van der Waals surface area contributed by atoms with Gasteiger partial charge in [-0.25, -0.2) is 4.39 Å². The lowest BCUT2D eigenvalue weighted by Crippen LogP contribution is -2.45. The lowest BCUT2D eigenvalue weighted by atomic mass is 9.85. The van der Waals surface area contributed by atoms with Crippen LogP contribution < -0.4 is 11.3 Å². The lowest BCUT2D eigenvalue weighted by molar-refractivity contribution is 0.420. The van der Waals surface area contributed by atoms with Gasteiger partial charge in [0, 0.05) is 11.5 Å². The third-order valence-corrected chi connectivity index (χ3v) is 4.72. The minimum Gasteiger partial charge on any atom is -0.271 e. The number of hydrogen-bond donors (Lipinski definition) is 2. The van der Waals surface area contributed by atoms with Gasteiger partial charge in [-0.05, 0) is 42.5 Å². The van der Waals surface area contributed by atoms with Crippen LogP contribution in [0.1, 0.15) is 24.0 Å². The van der Waals surface area contributed by atoms with Gasteiger partial charge in [-0.3, -0.25) is 11.3 Å². The first-order chi connectivity index (χ1) is 10.2. The first-order valence-electron chi connectivity index (χ1n) is 7.11. The number of rotatable bonds is 5. The third kappa shape index (κ3) is 2.82. The van der Waals surface area contributed by atoms with E-state index >= 15 is 0 Å². The van der Waals surface area contributed by atoms with Gasteiger partial charge in [0.2, 0.25) is 0 Å². The zero-order valence-corrected chi connectivity index (χ0v) is 12.4. The average Bonchev–Trinajstić information content (AvgIpc) is 3.31. The number of nitrogens with two attached hydrogens (primary N) is 1. The molecular weight excluding hydrogens is 287 g/mol. The summed E-state index contributed by atoms with van der Waals surface area (Å²) in [5, 5.41) is 0.160. The van der Waals surface area contributed by atoms with Crippen molar-refractivity contribution in [3.05, 3.63) is 70.5 Å². The van der Waals surface area contributed by atoms with Crippen LogP contribution in [0.4, 0.5) is 4.39 Å². The topological polar surface area (TPSA) is 38.0 Å². The second kappa shape index (κ2) is 5.76. The molecule has 1 saturated carbocycles. The maximum absolute atomic E-state index is 13.3. The molecule has 0 aromatic heterocycles. The number of halogens is 2. The molecular formula is C17H18ClFN2. The monoisotopic (exact) mass is 304 g/mol. The lowest BCUT2D eigenvalue weighted by Gasteiger charge is -2.27. The van der Waals surface area contributed by atoms with Crippen molar-refractivity contribution in [3.63, 3.8) is 0 Å². The smallest absolute Gasteiger partial charge is 0.141 e. The van der Waals surface area contributed by atoms with Crippen LogP contribution in [0, 0.1) is 5.82 Å². The van der Waals surface area contributed by atoms with Crippen molar-refractivity contribution in [1.29, 1.82) is 0 Å². The van der Waals surface area contributed by atoms with Crippen molar-refractivity contribution in [1.82, 2.24) is 5.43 Å². The summed E-state index contributed by atoms with van der Waals surface area (Å²) < 4.78 is 13.3. The normalized spacial score (nSPS) is 17.5. The van der Waals surface area contributed by atoms with Crippen LogP contribution in [-0.2, 0) is 11.8 Å². The molecule has 1 aliphatic rings. The summed E-state index contributed by atoms with van der Waals surface area (Å²) in [5.74, 6) is 5.41. The van der Waals surface area contributed by atoms with Crippen molar-refractivity contribution >= 4 is 11.6 Å². The van der Waals surface area contributed by atoms with Crippen LogP contribution >= 0.6 is 11.6 Å². The van der Waals surface area contributed by atoms with E-state index in [0.29, 0.717) is 0 Å². The summed E-state index contributed by atoms with van der Waals surface area (Å²) in [4.78, 5) is 0. The van der Waals surface area contributed by atoms with E-state index in [-0.39, 0.29) is 22.3 Å². The van der Waals surface area contributed by atoms with E-state index in [1.807, 2.05) is 6.07 Å². The van der Waals surface area contributed by atoms with Gasteiger partial charge < -0.3 is 0 Å². The maximum atomic E-state index is 13.3. The summed E-state index contributed by atoms with van der Waals surface area (Å²) >= 11 is 5.86. The van der Waals surface area contributed by atoms with E-state index in [2.05, 4.69) is 29.7 Å². The highest BCUT2D eigenvalue weighted by molar-refractivity contribution is 6.30. The van der Waals surface area contributed by atoms with Gasteiger partial charge in [0.15, 0.2) is 0 Å². The Kier molecular flexibility index (Phi) is 3.98. The fourth-order valence-corrected chi connectivity index (χ4v) is 3.26. The third-order valence-electron chi connectivity index (χ3n) is 4.43. The van der Waals surface area contributed by atoms with E-state index in [4.69, 9.17) is 17.4 Å². The number of hydrazine groups is 1. The Morgan fingerprint density at radius 1 is 1.19 bits per heavy atom.